The van der Waals surface area contributed by atoms with Crippen LogP contribution in [0.5, 0.6) is 0 Å². The van der Waals surface area contributed by atoms with Gasteiger partial charge in [0, 0.05) is 76.8 Å². The van der Waals surface area contributed by atoms with Crippen LogP contribution < -0.4 is 21.3 Å². The number of aromatic amines is 1. The molecular weight excluding hydrogens is 1210 g/mol. The van der Waals surface area contributed by atoms with Crippen molar-refractivity contribution >= 4 is 127 Å². The monoisotopic (exact) mass is 1290 g/mol. The largest absolute Gasteiger partial charge is 0.354 e. The summed E-state index contributed by atoms with van der Waals surface area (Å²) >= 11 is 0. The number of hydrogen-bond donors (Lipinski definition) is 1. The highest BCUT2D eigenvalue weighted by atomic mass is 15.2. The SMILES string of the molecule is [2H]c1c([2H])c([2H])c2c(c1[2H])c1c([2H])c([2H])c([2H])c([2H])c1n2-c1ccc2c(c1)N(c1c(-c3ccccc3)cc(C(C)(C)C)cc1-c1ccccc1)c1c3c(cc4[nH]c5c(-c6ccccc6-c6ccccc6-c6ccccc6)cccc5c14)-n1c4ccccc4c4c(-n5c6c([2H])c([2H])c([2H])c([2H])c6c6c([2H])c([2H])c([2H])c([2H])c65)ccc(c41)B23. The van der Waals surface area contributed by atoms with E-state index in [2.05, 4.69) is 163 Å². The summed E-state index contributed by atoms with van der Waals surface area (Å²) in [6.07, 6.45) is 0. The lowest BCUT2D eigenvalue weighted by molar-refractivity contribution is 0.591. The number of rotatable bonds is 8. The Morgan fingerprint density at radius 2 is 0.820 bits per heavy atom. The van der Waals surface area contributed by atoms with Gasteiger partial charge in [0.1, 0.15) is 0 Å². The zero-order valence-corrected chi connectivity index (χ0v) is 54.3. The normalized spacial score (nSPS) is 14.9. The van der Waals surface area contributed by atoms with Crippen molar-refractivity contribution in [2.45, 2.75) is 26.2 Å². The van der Waals surface area contributed by atoms with Gasteiger partial charge in [-0.2, -0.15) is 0 Å². The predicted octanol–water partition coefficient (Wildman–Crippen LogP) is 22.9. The van der Waals surface area contributed by atoms with E-state index in [0.717, 1.165) is 127 Å². The van der Waals surface area contributed by atoms with Gasteiger partial charge in [-0.1, -0.05) is 281 Å². The molecule has 0 bridgehead atoms. The Hall–Kier alpha value is -12.6. The molecular formula is C94H64BN5. The number of nitrogens with one attached hydrogen (secondary N) is 1. The molecule has 0 unspecified atom stereocenters. The molecule has 21 rings (SSSR count). The first-order valence-corrected chi connectivity index (χ1v) is 33.6. The summed E-state index contributed by atoms with van der Waals surface area (Å²) in [5.41, 5.74) is 19.0. The van der Waals surface area contributed by atoms with Crippen molar-refractivity contribution in [1.29, 1.82) is 0 Å². The van der Waals surface area contributed by atoms with Gasteiger partial charge in [-0.15, -0.1) is 0 Å². The second-order valence-corrected chi connectivity index (χ2v) is 27.1. The molecule has 0 spiro atoms. The van der Waals surface area contributed by atoms with Crippen LogP contribution in [0.15, 0.2) is 327 Å². The molecule has 6 heterocycles. The third kappa shape index (κ3) is 8.07. The van der Waals surface area contributed by atoms with E-state index in [9.17, 15) is 16.4 Å². The Bertz CT molecular complexity index is 7440. The first kappa shape index (κ1) is 42.8. The maximum absolute atomic E-state index is 9.91. The molecule has 6 heteroatoms. The van der Waals surface area contributed by atoms with E-state index in [1.165, 1.54) is 0 Å². The van der Waals surface area contributed by atoms with Crippen LogP contribution in [0.4, 0.5) is 17.1 Å². The summed E-state index contributed by atoms with van der Waals surface area (Å²) in [6.45, 7) is 5.86. The molecule has 0 fully saturated rings. The Labute approximate surface area is 601 Å². The maximum atomic E-state index is 9.91. The highest BCUT2D eigenvalue weighted by molar-refractivity contribution is 7.00. The lowest BCUT2D eigenvalue weighted by Crippen LogP contribution is -2.60. The number of fused-ring (bicyclic) bond motifs is 17. The molecule has 0 saturated heterocycles. The van der Waals surface area contributed by atoms with Crippen molar-refractivity contribution in [3.05, 3.63) is 333 Å². The minimum absolute atomic E-state index is 0.0313. The summed E-state index contributed by atoms with van der Waals surface area (Å²) in [5.74, 6) is 0. The molecule has 0 aliphatic carbocycles. The van der Waals surface area contributed by atoms with Gasteiger partial charge in [-0.3, -0.25) is 0 Å². The highest BCUT2D eigenvalue weighted by Crippen LogP contribution is 2.55. The highest BCUT2D eigenvalue weighted by Gasteiger charge is 2.46. The number of H-pyrrole nitrogens is 1. The van der Waals surface area contributed by atoms with E-state index in [4.69, 9.17) is 5.48 Å². The van der Waals surface area contributed by atoms with E-state index < -0.39 is 109 Å². The van der Waals surface area contributed by atoms with Crippen molar-refractivity contribution in [1.82, 2.24) is 18.7 Å². The van der Waals surface area contributed by atoms with E-state index in [1.807, 2.05) is 103 Å². The molecule has 5 nitrogen and oxygen atoms in total. The number of para-hydroxylation sites is 6. The summed E-state index contributed by atoms with van der Waals surface area (Å²) < 4.78 is 157. The Morgan fingerprint density at radius 3 is 1.41 bits per heavy atom. The average Bonchev–Trinajstić information content (AvgIpc) is 1.44. The molecule has 468 valence electrons. The van der Waals surface area contributed by atoms with Gasteiger partial charge in [-0.25, -0.2) is 0 Å². The van der Waals surface area contributed by atoms with Crippen LogP contribution in [0.2, 0.25) is 0 Å². The molecule has 2 aliphatic rings. The Kier molecular flexibility index (Phi) is 9.18. The zero-order valence-electron chi connectivity index (χ0n) is 70.3. The average molecular weight is 1290 g/mol. The maximum Gasteiger partial charge on any atom is 0.252 e. The fourth-order valence-electron chi connectivity index (χ4n) is 16.6. The summed E-state index contributed by atoms with van der Waals surface area (Å²) in [7, 11) is 0. The molecule has 1 N–H and O–H groups in total. The van der Waals surface area contributed by atoms with Crippen molar-refractivity contribution in [3.8, 4) is 72.7 Å². The first-order valence-electron chi connectivity index (χ1n) is 41.6. The van der Waals surface area contributed by atoms with E-state index in [0.29, 0.717) is 28.0 Å². The van der Waals surface area contributed by atoms with Gasteiger partial charge < -0.3 is 23.6 Å². The van der Waals surface area contributed by atoms with Crippen LogP contribution in [-0.2, 0) is 5.41 Å². The van der Waals surface area contributed by atoms with Gasteiger partial charge in [0.25, 0.3) is 6.71 Å². The molecule has 0 radical (unpaired) electrons. The van der Waals surface area contributed by atoms with Crippen molar-refractivity contribution in [2.75, 3.05) is 4.90 Å². The van der Waals surface area contributed by atoms with Gasteiger partial charge >= 0.3 is 0 Å². The summed E-state index contributed by atoms with van der Waals surface area (Å²) in [6, 6.07) is 70.9. The second kappa shape index (κ2) is 21.4. The van der Waals surface area contributed by atoms with E-state index >= 15 is 0 Å². The van der Waals surface area contributed by atoms with E-state index in [-0.39, 0.29) is 43.6 Å². The number of anilines is 3. The fraction of sp³-hybridized carbons (Fsp3) is 0.0426. The predicted molar refractivity (Wildman–Crippen MR) is 424 cm³/mol. The first-order chi connectivity index (χ1) is 56.0. The van der Waals surface area contributed by atoms with Crippen LogP contribution in [0.3, 0.4) is 0 Å². The minimum atomic E-state index is -0.754. The quantitative estimate of drug-likeness (QED) is 0.151. The number of benzene rings is 15. The lowest BCUT2D eigenvalue weighted by atomic mass is 9.33. The molecule has 2 aliphatic heterocycles. The van der Waals surface area contributed by atoms with Gasteiger partial charge in [-0.05, 0) is 133 Å². The van der Waals surface area contributed by atoms with Gasteiger partial charge in [0.15, 0.2) is 0 Å². The summed E-state index contributed by atoms with van der Waals surface area (Å²) in [5, 5.41) is 2.78. The topological polar surface area (TPSA) is 33.8 Å². The van der Waals surface area contributed by atoms with Gasteiger partial charge in [0.05, 0.1) is 83.1 Å². The Morgan fingerprint density at radius 1 is 0.340 bits per heavy atom. The second-order valence-electron chi connectivity index (χ2n) is 27.1. The van der Waals surface area contributed by atoms with Crippen LogP contribution in [0, 0.1) is 0 Å². The van der Waals surface area contributed by atoms with Gasteiger partial charge in [0.2, 0.25) is 0 Å². The Balaban J connectivity index is 0.983. The number of aromatic nitrogens is 4. The molecule has 4 aromatic heterocycles. The molecule has 19 aromatic rings. The molecule has 0 amide bonds. The van der Waals surface area contributed by atoms with Crippen LogP contribution in [0.1, 0.15) is 48.3 Å². The zero-order chi connectivity index (χ0) is 80.0. The number of nitrogens with zero attached hydrogens (tertiary/aromatic N) is 4. The molecule has 15 aromatic carbocycles. The molecule has 0 saturated carbocycles. The van der Waals surface area contributed by atoms with Crippen molar-refractivity contribution in [3.63, 3.8) is 0 Å². The summed E-state index contributed by atoms with van der Waals surface area (Å²) in [4.78, 5) is 6.52. The van der Waals surface area contributed by atoms with Crippen LogP contribution in [-0.4, -0.2) is 25.4 Å². The third-order valence-electron chi connectivity index (χ3n) is 20.8. The standard InChI is InChI=1S/C94H64BN5/c1-94(2,3)61-54-74(59-30-9-5-10-31-59)91(75(55-61)60-32-11-6-12-33-60)100-85-56-62(97-79-45-22-17-38-67(79)68-39-18-23-46-80(68)97)50-51-76(85)95-77-52-53-84(98-81-47-24-19-40-69(81)70-41-20-25-48-82(70)98)88-72-42-21-26-49-83(72)99(92(77)88)86-57-78-87(93(100)89(86)95)73-44-27-43-71(90(73)96-78)66-37-16-15-36-65(66)64-35-14-13-34-63(64)58-28-7-4-8-29-58/h4-57,96H,1-3H3/i17D,18D,19D,20D,22D,23D,24D,25D,38D,39D,40D,41D,45D,46D,47D,48D. The van der Waals surface area contributed by atoms with Crippen LogP contribution >= 0.6 is 0 Å². The van der Waals surface area contributed by atoms with Crippen LogP contribution in [0.25, 0.3) is 160 Å². The molecule has 0 atom stereocenters. The lowest BCUT2D eigenvalue weighted by Gasteiger charge is -2.42. The number of hydrogen-bond acceptors (Lipinski definition) is 1. The molecule has 100 heavy (non-hydrogen) atoms. The smallest absolute Gasteiger partial charge is 0.252 e. The minimum Gasteiger partial charge on any atom is -0.354 e. The van der Waals surface area contributed by atoms with Crippen molar-refractivity contribution in [2.24, 2.45) is 0 Å². The third-order valence-corrected chi connectivity index (χ3v) is 20.8. The van der Waals surface area contributed by atoms with E-state index in [1.54, 1.807) is 9.13 Å². The fourth-order valence-corrected chi connectivity index (χ4v) is 16.6. The van der Waals surface area contributed by atoms with Crippen molar-refractivity contribution < 1.29 is 21.9 Å².